The molecule has 0 aliphatic carbocycles. The minimum atomic E-state index is -0.0955. The van der Waals surface area contributed by atoms with Gasteiger partial charge in [0.2, 0.25) is 0 Å². The maximum absolute atomic E-state index is 11.6. The van der Waals surface area contributed by atoms with Crippen LogP contribution in [0.3, 0.4) is 0 Å². The van der Waals surface area contributed by atoms with Crippen LogP contribution in [0.15, 0.2) is 18.2 Å². The van der Waals surface area contributed by atoms with Gasteiger partial charge in [-0.1, -0.05) is 24.6 Å². The number of nitrogens with one attached hydrogen (secondary N) is 1. The lowest BCUT2D eigenvalue weighted by Gasteiger charge is -2.07. The van der Waals surface area contributed by atoms with E-state index in [1.807, 2.05) is 19.1 Å². The Morgan fingerprint density at radius 1 is 1.57 bits per heavy atom. The normalized spacial score (nSPS) is 9.93. The van der Waals surface area contributed by atoms with Gasteiger partial charge in [0, 0.05) is 10.1 Å². The van der Waals surface area contributed by atoms with Gasteiger partial charge in [-0.2, -0.15) is 0 Å². The molecule has 2 nitrogen and oxygen atoms in total. The molecule has 0 aliphatic rings. The number of carbonyl (C=O) groups excluding carboxylic acids is 1. The third kappa shape index (κ3) is 2.85. The van der Waals surface area contributed by atoms with Crippen molar-refractivity contribution in [2.24, 2.45) is 0 Å². The van der Waals surface area contributed by atoms with Gasteiger partial charge in [0.15, 0.2) is 0 Å². The highest BCUT2D eigenvalue weighted by Gasteiger charge is 2.12. The van der Waals surface area contributed by atoms with E-state index in [2.05, 4.69) is 27.9 Å². The molecule has 0 aliphatic heterocycles. The van der Waals surface area contributed by atoms with Gasteiger partial charge in [-0.15, -0.1) is 0 Å². The molecule has 0 unspecified atom stereocenters. The van der Waals surface area contributed by atoms with Crippen LogP contribution < -0.4 is 5.32 Å². The zero-order chi connectivity index (χ0) is 10.6. The molecule has 0 spiro atoms. The number of hydrogen-bond acceptors (Lipinski definition) is 1. The van der Waals surface area contributed by atoms with Crippen molar-refractivity contribution in [1.29, 1.82) is 0 Å². The van der Waals surface area contributed by atoms with Gasteiger partial charge in [-0.05, 0) is 41.1 Å². The smallest absolute Gasteiger partial charge is 0.253 e. The fourth-order valence-electron chi connectivity index (χ4n) is 1.04. The molecule has 0 aromatic heterocycles. The van der Waals surface area contributed by atoms with Gasteiger partial charge in [0.1, 0.15) is 0 Å². The fourth-order valence-corrected chi connectivity index (χ4v) is 2.20. The van der Waals surface area contributed by atoms with Crippen molar-refractivity contribution in [1.82, 2.24) is 5.32 Å². The van der Waals surface area contributed by atoms with E-state index in [1.165, 1.54) is 0 Å². The van der Waals surface area contributed by atoms with Crippen LogP contribution in [0.5, 0.6) is 0 Å². The van der Waals surface area contributed by atoms with Crippen molar-refractivity contribution >= 4 is 40.1 Å². The Labute approximate surface area is 102 Å². The van der Waals surface area contributed by atoms with Gasteiger partial charge >= 0.3 is 0 Å². The van der Waals surface area contributed by atoms with Gasteiger partial charge in [-0.25, -0.2) is 0 Å². The summed E-state index contributed by atoms with van der Waals surface area (Å²) in [7, 11) is 0. The van der Waals surface area contributed by atoms with E-state index in [4.69, 9.17) is 11.6 Å². The fraction of sp³-hybridized carbons (Fsp3) is 0.300. The Kier molecular flexibility index (Phi) is 4.68. The topological polar surface area (TPSA) is 29.1 Å². The van der Waals surface area contributed by atoms with E-state index in [-0.39, 0.29) is 5.91 Å². The van der Waals surface area contributed by atoms with Crippen molar-refractivity contribution < 1.29 is 4.79 Å². The minimum absolute atomic E-state index is 0.0955. The Morgan fingerprint density at radius 3 is 2.86 bits per heavy atom. The van der Waals surface area contributed by atoms with Crippen molar-refractivity contribution in [3.8, 4) is 0 Å². The average molecular weight is 324 g/mol. The van der Waals surface area contributed by atoms with E-state index in [1.54, 1.807) is 6.07 Å². The number of halogens is 2. The number of hydrogen-bond donors (Lipinski definition) is 1. The molecule has 1 amide bonds. The van der Waals surface area contributed by atoms with Crippen molar-refractivity contribution in [2.45, 2.75) is 13.3 Å². The molecule has 76 valence electrons. The molecular weight excluding hydrogens is 312 g/mol. The first-order chi connectivity index (χ1) is 6.66. The van der Waals surface area contributed by atoms with Gasteiger partial charge in [-0.3, -0.25) is 4.79 Å². The molecule has 0 atom stereocenters. The number of benzene rings is 1. The van der Waals surface area contributed by atoms with Gasteiger partial charge in [0.25, 0.3) is 5.91 Å². The van der Waals surface area contributed by atoms with Gasteiger partial charge < -0.3 is 5.32 Å². The Hall–Kier alpha value is -0.290. The quantitative estimate of drug-likeness (QED) is 0.851. The number of rotatable bonds is 3. The van der Waals surface area contributed by atoms with Gasteiger partial charge in [0.05, 0.1) is 10.6 Å². The van der Waals surface area contributed by atoms with E-state index in [0.29, 0.717) is 17.1 Å². The lowest BCUT2D eigenvalue weighted by atomic mass is 10.2. The van der Waals surface area contributed by atoms with E-state index >= 15 is 0 Å². The number of amides is 1. The second kappa shape index (κ2) is 5.56. The maximum Gasteiger partial charge on any atom is 0.253 e. The standard InChI is InChI=1S/C10H11ClINO/c1-2-6-13-10(14)9-7(11)4-3-5-8(9)12/h3-5H,2,6H2,1H3,(H,13,14). The summed E-state index contributed by atoms with van der Waals surface area (Å²) in [5, 5.41) is 3.31. The van der Waals surface area contributed by atoms with Crippen LogP contribution >= 0.6 is 34.2 Å². The molecule has 0 fully saturated rings. The van der Waals surface area contributed by atoms with Crippen LogP contribution in [-0.4, -0.2) is 12.5 Å². The first-order valence-corrected chi connectivity index (χ1v) is 5.84. The second-order valence-corrected chi connectivity index (χ2v) is 4.42. The molecule has 0 heterocycles. The zero-order valence-corrected chi connectivity index (χ0v) is 10.7. The molecule has 0 radical (unpaired) electrons. The third-order valence-electron chi connectivity index (χ3n) is 1.73. The molecule has 1 N–H and O–H groups in total. The predicted octanol–water partition coefficient (Wildman–Crippen LogP) is 3.08. The van der Waals surface area contributed by atoms with Crippen LogP contribution in [0.2, 0.25) is 5.02 Å². The maximum atomic E-state index is 11.6. The first-order valence-electron chi connectivity index (χ1n) is 4.39. The lowest BCUT2D eigenvalue weighted by molar-refractivity contribution is 0.0953. The molecule has 4 heteroatoms. The molecule has 1 aromatic carbocycles. The number of carbonyl (C=O) groups is 1. The summed E-state index contributed by atoms with van der Waals surface area (Å²) in [4.78, 5) is 11.6. The Balaban J connectivity index is 2.89. The average Bonchev–Trinajstić information content (AvgIpc) is 2.14. The molecule has 1 rings (SSSR count). The molecule has 0 bridgehead atoms. The van der Waals surface area contributed by atoms with Crippen molar-refractivity contribution in [2.75, 3.05) is 6.54 Å². The van der Waals surface area contributed by atoms with Crippen LogP contribution in [0.1, 0.15) is 23.7 Å². The first kappa shape index (κ1) is 11.8. The summed E-state index contributed by atoms with van der Waals surface area (Å²) < 4.78 is 0.878. The summed E-state index contributed by atoms with van der Waals surface area (Å²) in [5.41, 5.74) is 0.572. The van der Waals surface area contributed by atoms with Crippen LogP contribution in [0.4, 0.5) is 0 Å². The molecule has 1 aromatic rings. The SMILES string of the molecule is CCCNC(=O)c1c(Cl)cccc1I. The van der Waals surface area contributed by atoms with Crippen LogP contribution in [0, 0.1) is 3.57 Å². The van der Waals surface area contributed by atoms with E-state index in [9.17, 15) is 4.79 Å². The lowest BCUT2D eigenvalue weighted by Crippen LogP contribution is -2.25. The summed E-state index contributed by atoms with van der Waals surface area (Å²) in [6.07, 6.45) is 0.923. The predicted molar refractivity (Wildman–Crippen MR) is 66.8 cm³/mol. The molecule has 0 saturated carbocycles. The summed E-state index contributed by atoms with van der Waals surface area (Å²) in [6, 6.07) is 5.43. The largest absolute Gasteiger partial charge is 0.352 e. The zero-order valence-electron chi connectivity index (χ0n) is 7.81. The third-order valence-corrected chi connectivity index (χ3v) is 2.94. The Morgan fingerprint density at radius 2 is 2.29 bits per heavy atom. The second-order valence-electron chi connectivity index (χ2n) is 2.85. The molecule has 0 saturated heterocycles. The summed E-state index contributed by atoms with van der Waals surface area (Å²) >= 11 is 8.05. The van der Waals surface area contributed by atoms with Crippen LogP contribution in [0.25, 0.3) is 0 Å². The highest BCUT2D eigenvalue weighted by Crippen LogP contribution is 2.21. The molecule has 14 heavy (non-hydrogen) atoms. The van der Waals surface area contributed by atoms with E-state index < -0.39 is 0 Å². The highest BCUT2D eigenvalue weighted by molar-refractivity contribution is 14.1. The Bertz CT molecular complexity index is 321. The summed E-state index contributed by atoms with van der Waals surface area (Å²) in [6.45, 7) is 2.69. The van der Waals surface area contributed by atoms with Crippen LogP contribution in [-0.2, 0) is 0 Å². The minimum Gasteiger partial charge on any atom is -0.352 e. The monoisotopic (exact) mass is 323 g/mol. The van der Waals surface area contributed by atoms with Crippen molar-refractivity contribution in [3.63, 3.8) is 0 Å². The van der Waals surface area contributed by atoms with E-state index in [0.717, 1.165) is 9.99 Å². The highest BCUT2D eigenvalue weighted by atomic mass is 127. The summed E-state index contributed by atoms with van der Waals surface area (Å²) in [5.74, 6) is -0.0955. The molecular formula is C10H11ClINO. The van der Waals surface area contributed by atoms with Crippen molar-refractivity contribution in [3.05, 3.63) is 32.4 Å².